The van der Waals surface area contributed by atoms with Gasteiger partial charge in [-0.1, -0.05) is 33.6 Å². The Kier molecular flexibility index (Phi) is 5.65. The SMILES string of the molecule is CC(C)[C@@H]1CC[C@@H](C)C[C@H]1OC(=O)N[C@H]1CCCCC1=O. The number of hydrogen-bond acceptors (Lipinski definition) is 3. The van der Waals surface area contributed by atoms with Gasteiger partial charge in [-0.2, -0.15) is 0 Å². The third-order valence-electron chi connectivity index (χ3n) is 5.07. The molecule has 0 aromatic carbocycles. The summed E-state index contributed by atoms with van der Waals surface area (Å²) in [6.07, 6.45) is 6.16. The first-order valence-corrected chi connectivity index (χ1v) is 8.47. The monoisotopic (exact) mass is 295 g/mol. The Morgan fingerprint density at radius 3 is 2.67 bits per heavy atom. The van der Waals surface area contributed by atoms with Crippen LogP contribution in [0.3, 0.4) is 0 Å². The average Bonchev–Trinajstić information content (AvgIpc) is 2.41. The van der Waals surface area contributed by atoms with Crippen LogP contribution in [-0.4, -0.2) is 24.0 Å². The highest BCUT2D eigenvalue weighted by Crippen LogP contribution is 2.35. The van der Waals surface area contributed by atoms with E-state index in [1.165, 1.54) is 6.42 Å². The Morgan fingerprint density at radius 2 is 2.00 bits per heavy atom. The van der Waals surface area contributed by atoms with Crippen molar-refractivity contribution in [3.05, 3.63) is 0 Å². The highest BCUT2D eigenvalue weighted by molar-refractivity contribution is 5.87. The third-order valence-corrected chi connectivity index (χ3v) is 5.07. The van der Waals surface area contributed by atoms with Crippen molar-refractivity contribution < 1.29 is 14.3 Å². The minimum atomic E-state index is -0.403. The quantitative estimate of drug-likeness (QED) is 0.864. The second-order valence-corrected chi connectivity index (χ2v) is 7.18. The van der Waals surface area contributed by atoms with Crippen LogP contribution in [0.5, 0.6) is 0 Å². The Hall–Kier alpha value is -1.06. The maximum absolute atomic E-state index is 12.1. The van der Waals surface area contributed by atoms with E-state index in [1.807, 2.05) is 0 Å². The molecule has 4 atom stereocenters. The molecular formula is C17H29NO3. The first-order valence-electron chi connectivity index (χ1n) is 8.47. The largest absolute Gasteiger partial charge is 0.446 e. The predicted molar refractivity (Wildman–Crippen MR) is 82.0 cm³/mol. The first-order chi connectivity index (χ1) is 9.97. The normalized spacial score (nSPS) is 33.8. The fourth-order valence-corrected chi connectivity index (χ4v) is 3.70. The standard InChI is InChI=1S/C17H29NO3/c1-11(2)13-9-8-12(3)10-16(13)21-17(20)18-14-6-4-5-7-15(14)19/h11-14,16H,4-10H2,1-3H3,(H,18,20)/t12-,13+,14+,16-/m1/s1. The minimum absolute atomic E-state index is 0.00700. The summed E-state index contributed by atoms with van der Waals surface area (Å²) < 4.78 is 5.68. The van der Waals surface area contributed by atoms with Crippen molar-refractivity contribution >= 4 is 11.9 Å². The predicted octanol–water partition coefficient (Wildman–Crippen LogP) is 3.69. The fourth-order valence-electron chi connectivity index (χ4n) is 3.70. The molecular weight excluding hydrogens is 266 g/mol. The van der Waals surface area contributed by atoms with Gasteiger partial charge in [-0.25, -0.2) is 4.79 Å². The van der Waals surface area contributed by atoms with E-state index in [0.717, 1.165) is 32.1 Å². The smallest absolute Gasteiger partial charge is 0.408 e. The molecule has 0 aromatic heterocycles. The molecule has 0 saturated heterocycles. The lowest BCUT2D eigenvalue weighted by atomic mass is 9.75. The number of alkyl carbamates (subject to hydrolysis) is 1. The molecule has 0 aliphatic heterocycles. The van der Waals surface area contributed by atoms with Crippen LogP contribution < -0.4 is 5.32 Å². The van der Waals surface area contributed by atoms with Crippen molar-refractivity contribution in [2.75, 3.05) is 0 Å². The molecule has 4 nitrogen and oxygen atoms in total. The highest BCUT2D eigenvalue weighted by atomic mass is 16.6. The van der Waals surface area contributed by atoms with E-state index in [1.54, 1.807) is 0 Å². The van der Waals surface area contributed by atoms with E-state index >= 15 is 0 Å². The van der Waals surface area contributed by atoms with E-state index in [4.69, 9.17) is 4.74 Å². The summed E-state index contributed by atoms with van der Waals surface area (Å²) in [5.74, 6) is 1.71. The van der Waals surface area contributed by atoms with E-state index in [9.17, 15) is 9.59 Å². The molecule has 120 valence electrons. The lowest BCUT2D eigenvalue weighted by molar-refractivity contribution is -0.122. The van der Waals surface area contributed by atoms with E-state index < -0.39 is 6.09 Å². The second-order valence-electron chi connectivity index (χ2n) is 7.18. The van der Waals surface area contributed by atoms with E-state index in [-0.39, 0.29) is 17.9 Å². The Labute approximate surface area is 128 Å². The molecule has 21 heavy (non-hydrogen) atoms. The van der Waals surface area contributed by atoms with Crippen LogP contribution in [0.2, 0.25) is 0 Å². The lowest BCUT2D eigenvalue weighted by Crippen LogP contribution is -2.45. The van der Waals surface area contributed by atoms with Crippen molar-refractivity contribution in [3.8, 4) is 0 Å². The molecule has 2 fully saturated rings. The Balaban J connectivity index is 1.88. The molecule has 0 aromatic rings. The van der Waals surface area contributed by atoms with Crippen LogP contribution in [0, 0.1) is 17.8 Å². The molecule has 0 unspecified atom stereocenters. The number of amides is 1. The summed E-state index contributed by atoms with van der Waals surface area (Å²) in [6.45, 7) is 6.61. The number of hydrogen-bond donors (Lipinski definition) is 1. The van der Waals surface area contributed by atoms with E-state index in [2.05, 4.69) is 26.1 Å². The number of Topliss-reactive ketones (excluding diaryl/α,β-unsaturated/α-hetero) is 1. The van der Waals surface area contributed by atoms with Gasteiger partial charge in [0.25, 0.3) is 0 Å². The van der Waals surface area contributed by atoms with Crippen LogP contribution in [0.1, 0.15) is 65.7 Å². The van der Waals surface area contributed by atoms with Crippen LogP contribution in [0.25, 0.3) is 0 Å². The molecule has 2 aliphatic carbocycles. The maximum Gasteiger partial charge on any atom is 0.408 e. The van der Waals surface area contributed by atoms with Crippen LogP contribution >= 0.6 is 0 Å². The molecule has 4 heteroatoms. The topological polar surface area (TPSA) is 55.4 Å². The minimum Gasteiger partial charge on any atom is -0.446 e. The van der Waals surface area contributed by atoms with Gasteiger partial charge in [-0.15, -0.1) is 0 Å². The zero-order chi connectivity index (χ0) is 15.4. The van der Waals surface area contributed by atoms with Gasteiger partial charge in [0.05, 0.1) is 6.04 Å². The lowest BCUT2D eigenvalue weighted by Gasteiger charge is -2.37. The summed E-state index contributed by atoms with van der Waals surface area (Å²) in [7, 11) is 0. The van der Waals surface area contributed by atoms with Gasteiger partial charge in [0, 0.05) is 6.42 Å². The summed E-state index contributed by atoms with van der Waals surface area (Å²) in [5, 5.41) is 2.78. The van der Waals surface area contributed by atoms with Crippen molar-refractivity contribution in [1.82, 2.24) is 5.32 Å². The number of rotatable bonds is 3. The number of ketones is 1. The summed E-state index contributed by atoms with van der Waals surface area (Å²) in [4.78, 5) is 23.9. The molecule has 2 saturated carbocycles. The van der Waals surface area contributed by atoms with Crippen molar-refractivity contribution in [2.24, 2.45) is 17.8 Å². The number of nitrogens with one attached hydrogen (secondary N) is 1. The molecule has 0 bridgehead atoms. The molecule has 2 rings (SSSR count). The van der Waals surface area contributed by atoms with Crippen LogP contribution in [0.4, 0.5) is 4.79 Å². The maximum atomic E-state index is 12.1. The number of carbonyl (C=O) groups excluding carboxylic acids is 2. The Morgan fingerprint density at radius 1 is 1.24 bits per heavy atom. The van der Waals surface area contributed by atoms with Gasteiger partial charge in [0.1, 0.15) is 6.10 Å². The first kappa shape index (κ1) is 16.3. The van der Waals surface area contributed by atoms with Crippen molar-refractivity contribution in [2.45, 2.75) is 77.9 Å². The van der Waals surface area contributed by atoms with Crippen LogP contribution in [0.15, 0.2) is 0 Å². The zero-order valence-electron chi connectivity index (χ0n) is 13.6. The third kappa shape index (κ3) is 4.45. The van der Waals surface area contributed by atoms with Crippen molar-refractivity contribution in [3.63, 3.8) is 0 Å². The van der Waals surface area contributed by atoms with Gasteiger partial charge in [0.15, 0.2) is 5.78 Å². The fraction of sp³-hybridized carbons (Fsp3) is 0.882. The summed E-state index contributed by atoms with van der Waals surface area (Å²) >= 11 is 0. The molecule has 0 radical (unpaired) electrons. The van der Waals surface area contributed by atoms with Crippen molar-refractivity contribution in [1.29, 1.82) is 0 Å². The molecule has 0 spiro atoms. The van der Waals surface area contributed by atoms with Gasteiger partial charge < -0.3 is 10.1 Å². The average molecular weight is 295 g/mol. The zero-order valence-corrected chi connectivity index (χ0v) is 13.6. The van der Waals surface area contributed by atoms with E-state index in [0.29, 0.717) is 24.2 Å². The van der Waals surface area contributed by atoms with Gasteiger partial charge in [0.2, 0.25) is 0 Å². The number of ether oxygens (including phenoxy) is 1. The summed E-state index contributed by atoms with van der Waals surface area (Å²) in [6, 6.07) is -0.329. The number of carbonyl (C=O) groups is 2. The molecule has 1 N–H and O–H groups in total. The second kappa shape index (κ2) is 7.28. The van der Waals surface area contributed by atoms with Gasteiger partial charge in [-0.05, 0) is 43.4 Å². The molecule has 0 heterocycles. The van der Waals surface area contributed by atoms with Crippen LogP contribution in [-0.2, 0) is 9.53 Å². The molecule has 1 amide bonds. The summed E-state index contributed by atoms with van der Waals surface area (Å²) in [5.41, 5.74) is 0. The Bertz CT molecular complexity index is 380. The molecule has 2 aliphatic rings. The van der Waals surface area contributed by atoms with Gasteiger partial charge >= 0.3 is 6.09 Å². The van der Waals surface area contributed by atoms with Gasteiger partial charge in [-0.3, -0.25) is 4.79 Å². The highest BCUT2D eigenvalue weighted by Gasteiger charge is 2.34.